The monoisotopic (exact) mass is 250 g/mol. The normalized spacial score (nSPS) is 17.0. The molecule has 7 heteroatoms. The molecule has 0 bridgehead atoms. The van der Waals surface area contributed by atoms with Crippen molar-refractivity contribution < 1.29 is 22.7 Å². The van der Waals surface area contributed by atoms with Crippen LogP contribution in [0, 0.1) is 28.9 Å². The molecule has 1 heterocycles. The van der Waals surface area contributed by atoms with Crippen molar-refractivity contribution in [2.75, 3.05) is 18.5 Å². The van der Waals surface area contributed by atoms with Crippen LogP contribution in [0.5, 0.6) is 0 Å². The lowest BCUT2D eigenvalue weighted by molar-refractivity contribution is 0.219. The van der Waals surface area contributed by atoms with E-state index in [1.165, 1.54) is 0 Å². The minimum Gasteiger partial charge on any atom is -0.396 e. The van der Waals surface area contributed by atoms with Crippen molar-refractivity contribution in [1.82, 2.24) is 4.98 Å². The molecule has 0 radical (unpaired) electrons. The third-order valence-corrected chi connectivity index (χ3v) is 2.93. The zero-order valence-corrected chi connectivity index (χ0v) is 8.73. The van der Waals surface area contributed by atoms with Crippen LogP contribution in [0.25, 0.3) is 0 Å². The molecule has 1 fully saturated rings. The number of aliphatic hydroxyl groups is 1. The van der Waals surface area contributed by atoms with E-state index in [1.807, 2.05) is 0 Å². The van der Waals surface area contributed by atoms with E-state index in [-0.39, 0.29) is 13.2 Å². The first kappa shape index (κ1) is 12.1. The SMILES string of the molecule is OCC1(CNc2c(F)c(F)nc(F)c2F)CC1. The minimum atomic E-state index is -1.69. The number of aliphatic hydroxyl groups excluding tert-OH is 1. The summed E-state index contributed by atoms with van der Waals surface area (Å²) < 4.78 is 51.9. The van der Waals surface area contributed by atoms with Gasteiger partial charge in [0.2, 0.25) is 11.6 Å². The quantitative estimate of drug-likeness (QED) is 0.633. The van der Waals surface area contributed by atoms with Crippen molar-refractivity contribution in [3.63, 3.8) is 0 Å². The lowest BCUT2D eigenvalue weighted by Crippen LogP contribution is -2.21. The lowest BCUT2D eigenvalue weighted by atomic mass is 10.1. The number of nitrogens with zero attached hydrogens (tertiary/aromatic N) is 1. The number of hydrogen-bond acceptors (Lipinski definition) is 3. The molecule has 1 aliphatic rings. The highest BCUT2D eigenvalue weighted by atomic mass is 19.2. The Kier molecular flexibility index (Phi) is 2.94. The van der Waals surface area contributed by atoms with Gasteiger partial charge in [-0.25, -0.2) is 0 Å². The molecular formula is C10H10F4N2O. The Labute approximate surface area is 94.5 Å². The van der Waals surface area contributed by atoms with Gasteiger partial charge in [-0.05, 0) is 12.8 Å². The van der Waals surface area contributed by atoms with Gasteiger partial charge in [-0.3, -0.25) is 0 Å². The van der Waals surface area contributed by atoms with Crippen molar-refractivity contribution >= 4 is 5.69 Å². The van der Waals surface area contributed by atoms with Crippen LogP contribution in [-0.2, 0) is 0 Å². The number of halogens is 4. The van der Waals surface area contributed by atoms with Gasteiger partial charge in [-0.2, -0.15) is 22.5 Å². The highest BCUT2D eigenvalue weighted by Crippen LogP contribution is 2.45. The van der Waals surface area contributed by atoms with E-state index in [2.05, 4.69) is 10.3 Å². The van der Waals surface area contributed by atoms with Gasteiger partial charge in [-0.15, -0.1) is 0 Å². The van der Waals surface area contributed by atoms with Gasteiger partial charge < -0.3 is 10.4 Å². The second-order valence-corrected chi connectivity index (χ2v) is 4.21. The standard InChI is InChI=1S/C10H10F4N2O/c11-5-7(6(12)9(14)16-8(5)13)15-3-10(4-17)1-2-10/h17H,1-4H2,(H,15,16). The zero-order valence-electron chi connectivity index (χ0n) is 8.73. The molecule has 0 amide bonds. The molecule has 1 saturated carbocycles. The molecular weight excluding hydrogens is 240 g/mol. The van der Waals surface area contributed by atoms with Gasteiger partial charge in [0, 0.05) is 12.0 Å². The lowest BCUT2D eigenvalue weighted by Gasteiger charge is -2.14. The molecule has 94 valence electrons. The van der Waals surface area contributed by atoms with Gasteiger partial charge in [0.05, 0.1) is 6.61 Å². The summed E-state index contributed by atoms with van der Waals surface area (Å²) >= 11 is 0. The molecule has 1 aromatic rings. The maximum atomic E-state index is 13.2. The Balaban J connectivity index is 2.20. The number of hydrogen-bond donors (Lipinski definition) is 2. The second-order valence-electron chi connectivity index (χ2n) is 4.21. The molecule has 0 atom stereocenters. The van der Waals surface area contributed by atoms with Crippen molar-refractivity contribution in [3.8, 4) is 0 Å². The molecule has 1 aliphatic carbocycles. The largest absolute Gasteiger partial charge is 0.396 e. The van der Waals surface area contributed by atoms with Gasteiger partial charge in [-0.1, -0.05) is 0 Å². The maximum absolute atomic E-state index is 13.2. The summed E-state index contributed by atoms with van der Waals surface area (Å²) in [6.07, 6.45) is 1.41. The summed E-state index contributed by atoms with van der Waals surface area (Å²) in [5, 5.41) is 11.3. The van der Waals surface area contributed by atoms with E-state index in [9.17, 15) is 17.6 Å². The average molecular weight is 250 g/mol. The molecule has 0 saturated heterocycles. The summed E-state index contributed by atoms with van der Waals surface area (Å²) in [5.74, 6) is -6.50. The van der Waals surface area contributed by atoms with Gasteiger partial charge in [0.15, 0.2) is 0 Å². The van der Waals surface area contributed by atoms with E-state index in [1.54, 1.807) is 0 Å². The van der Waals surface area contributed by atoms with Crippen molar-refractivity contribution in [2.24, 2.45) is 5.41 Å². The fourth-order valence-electron chi connectivity index (χ4n) is 1.49. The van der Waals surface area contributed by atoms with Crippen molar-refractivity contribution in [3.05, 3.63) is 23.5 Å². The fourth-order valence-corrected chi connectivity index (χ4v) is 1.49. The Hall–Kier alpha value is -1.37. The van der Waals surface area contributed by atoms with Crippen LogP contribution in [0.4, 0.5) is 23.2 Å². The number of pyridine rings is 1. The summed E-state index contributed by atoms with van der Waals surface area (Å²) in [6.45, 7) is -0.0838. The molecule has 0 unspecified atom stereocenters. The van der Waals surface area contributed by atoms with Crippen molar-refractivity contribution in [2.45, 2.75) is 12.8 Å². The first-order chi connectivity index (χ1) is 7.99. The molecule has 0 aliphatic heterocycles. The van der Waals surface area contributed by atoms with E-state index >= 15 is 0 Å². The van der Waals surface area contributed by atoms with Gasteiger partial charge >= 0.3 is 0 Å². The second kappa shape index (κ2) is 4.14. The molecule has 0 spiro atoms. The predicted octanol–water partition coefficient (Wildman–Crippen LogP) is 1.82. The highest BCUT2D eigenvalue weighted by Gasteiger charge is 2.42. The average Bonchev–Trinajstić information content (AvgIpc) is 3.07. The maximum Gasteiger partial charge on any atom is 0.253 e. The molecule has 17 heavy (non-hydrogen) atoms. The first-order valence-corrected chi connectivity index (χ1v) is 5.04. The van der Waals surface area contributed by atoms with Crippen LogP contribution >= 0.6 is 0 Å². The molecule has 2 rings (SSSR count). The topological polar surface area (TPSA) is 45.1 Å². The Morgan fingerprint density at radius 1 is 1.12 bits per heavy atom. The van der Waals surface area contributed by atoms with Gasteiger partial charge in [0.25, 0.3) is 11.9 Å². The number of nitrogens with one attached hydrogen (secondary N) is 1. The number of rotatable bonds is 4. The van der Waals surface area contributed by atoms with E-state index in [0.29, 0.717) is 12.8 Å². The summed E-state index contributed by atoms with van der Waals surface area (Å²) in [5.41, 5.74) is -1.32. The van der Waals surface area contributed by atoms with E-state index in [0.717, 1.165) is 0 Å². The Morgan fingerprint density at radius 2 is 1.65 bits per heavy atom. The number of aromatic nitrogens is 1. The highest BCUT2D eigenvalue weighted by molar-refractivity contribution is 5.45. The molecule has 3 nitrogen and oxygen atoms in total. The minimum absolute atomic E-state index is 0.0558. The van der Waals surface area contributed by atoms with Crippen molar-refractivity contribution in [1.29, 1.82) is 0 Å². The molecule has 0 aromatic carbocycles. The van der Waals surface area contributed by atoms with Crippen LogP contribution in [-0.4, -0.2) is 23.2 Å². The Bertz CT molecular complexity index is 422. The van der Waals surface area contributed by atoms with Crippen LogP contribution < -0.4 is 5.32 Å². The van der Waals surface area contributed by atoms with Crippen LogP contribution in [0.1, 0.15) is 12.8 Å². The van der Waals surface area contributed by atoms with Crippen LogP contribution in [0.15, 0.2) is 0 Å². The Morgan fingerprint density at radius 3 is 2.06 bits per heavy atom. The van der Waals surface area contributed by atoms with E-state index < -0.39 is 34.6 Å². The molecule has 1 aromatic heterocycles. The molecule has 2 N–H and O–H groups in total. The number of anilines is 1. The van der Waals surface area contributed by atoms with Crippen LogP contribution in [0.2, 0.25) is 0 Å². The fraction of sp³-hybridized carbons (Fsp3) is 0.500. The summed E-state index contributed by atoms with van der Waals surface area (Å²) in [7, 11) is 0. The predicted molar refractivity (Wildman–Crippen MR) is 51.3 cm³/mol. The first-order valence-electron chi connectivity index (χ1n) is 5.04. The van der Waals surface area contributed by atoms with Crippen LogP contribution in [0.3, 0.4) is 0 Å². The van der Waals surface area contributed by atoms with E-state index in [4.69, 9.17) is 5.11 Å². The van der Waals surface area contributed by atoms with Gasteiger partial charge in [0.1, 0.15) is 5.69 Å². The summed E-state index contributed by atoms with van der Waals surface area (Å²) in [6, 6.07) is 0. The third-order valence-electron chi connectivity index (χ3n) is 2.93. The third kappa shape index (κ3) is 2.19. The summed E-state index contributed by atoms with van der Waals surface area (Å²) in [4.78, 5) is 2.44. The zero-order chi connectivity index (χ0) is 12.6. The smallest absolute Gasteiger partial charge is 0.253 e.